The van der Waals surface area contributed by atoms with Crippen molar-refractivity contribution < 1.29 is 17.6 Å². The lowest BCUT2D eigenvalue weighted by Gasteiger charge is -2.33. The summed E-state index contributed by atoms with van der Waals surface area (Å²) >= 11 is 6.18. The molecule has 0 N–H and O–H groups in total. The molecule has 0 spiro atoms. The lowest BCUT2D eigenvalue weighted by atomic mass is 9.98. The van der Waals surface area contributed by atoms with Crippen molar-refractivity contribution in [2.45, 2.75) is 32.7 Å². The highest BCUT2D eigenvalue weighted by Gasteiger charge is 2.33. The van der Waals surface area contributed by atoms with E-state index in [4.69, 9.17) is 16.0 Å². The molecule has 1 aromatic heterocycles. The highest BCUT2D eigenvalue weighted by atomic mass is 35.5. The smallest absolute Gasteiger partial charge is 0.249 e. The van der Waals surface area contributed by atoms with Gasteiger partial charge in [-0.15, -0.1) is 10.2 Å². The van der Waals surface area contributed by atoms with Gasteiger partial charge in [0.1, 0.15) is 0 Å². The number of sulfonamides is 1. The lowest BCUT2D eigenvalue weighted by Crippen LogP contribution is -2.46. The van der Waals surface area contributed by atoms with Crippen molar-refractivity contribution in [2.75, 3.05) is 25.9 Å². The van der Waals surface area contributed by atoms with Crippen molar-refractivity contribution in [3.05, 3.63) is 35.2 Å². The van der Waals surface area contributed by atoms with E-state index in [1.165, 1.54) is 10.6 Å². The topological polar surface area (TPSA) is 96.6 Å². The first kappa shape index (κ1) is 21.7. The number of halogens is 1. The van der Waals surface area contributed by atoms with Crippen molar-refractivity contribution in [1.82, 2.24) is 19.4 Å². The van der Waals surface area contributed by atoms with Crippen molar-refractivity contribution in [2.24, 2.45) is 5.92 Å². The molecular weight excluding hydrogens is 416 g/mol. The van der Waals surface area contributed by atoms with E-state index in [1.807, 2.05) is 19.1 Å². The van der Waals surface area contributed by atoms with Crippen LogP contribution in [-0.2, 0) is 21.4 Å². The Labute approximate surface area is 175 Å². The highest BCUT2D eigenvalue weighted by Crippen LogP contribution is 2.27. The van der Waals surface area contributed by atoms with Gasteiger partial charge in [-0.25, -0.2) is 12.7 Å². The summed E-state index contributed by atoms with van der Waals surface area (Å²) in [5.41, 5.74) is 0.636. The van der Waals surface area contributed by atoms with E-state index in [0.29, 0.717) is 48.3 Å². The average molecular weight is 441 g/mol. The van der Waals surface area contributed by atoms with Gasteiger partial charge in [-0.2, -0.15) is 0 Å². The number of aromatic nitrogens is 2. The number of piperidine rings is 1. The highest BCUT2D eigenvalue weighted by molar-refractivity contribution is 7.88. The number of amides is 1. The lowest BCUT2D eigenvalue weighted by molar-refractivity contribution is -0.137. The van der Waals surface area contributed by atoms with Gasteiger partial charge in [0.25, 0.3) is 0 Å². The zero-order valence-electron chi connectivity index (χ0n) is 16.5. The van der Waals surface area contributed by atoms with Crippen LogP contribution in [0, 0.1) is 5.92 Å². The van der Waals surface area contributed by atoms with Gasteiger partial charge >= 0.3 is 0 Å². The third-order valence-electron chi connectivity index (χ3n) is 4.90. The first-order valence-corrected chi connectivity index (χ1v) is 11.8. The molecule has 3 rings (SSSR count). The zero-order chi connectivity index (χ0) is 21.0. The molecule has 0 radical (unpaired) electrons. The maximum Gasteiger partial charge on any atom is 0.249 e. The van der Waals surface area contributed by atoms with Crippen LogP contribution in [0.15, 0.2) is 28.7 Å². The molecule has 1 fully saturated rings. The van der Waals surface area contributed by atoms with Gasteiger partial charge in [0.05, 0.1) is 29.3 Å². The van der Waals surface area contributed by atoms with Crippen LogP contribution in [0.2, 0.25) is 5.02 Å². The monoisotopic (exact) mass is 440 g/mol. The third kappa shape index (κ3) is 5.34. The summed E-state index contributed by atoms with van der Waals surface area (Å²) in [5.74, 6) is 0.168. The van der Waals surface area contributed by atoms with E-state index in [1.54, 1.807) is 17.0 Å². The number of nitrogens with zero attached hydrogens (tertiary/aromatic N) is 4. The predicted molar refractivity (Wildman–Crippen MR) is 110 cm³/mol. The van der Waals surface area contributed by atoms with Crippen LogP contribution in [-0.4, -0.2) is 59.6 Å². The summed E-state index contributed by atoms with van der Waals surface area (Å²) in [7, 11) is -3.31. The number of benzene rings is 1. The van der Waals surface area contributed by atoms with Gasteiger partial charge in [-0.05, 0) is 31.4 Å². The molecule has 8 nitrogen and oxygen atoms in total. The Morgan fingerprint density at radius 3 is 2.79 bits per heavy atom. The molecule has 1 aliphatic heterocycles. The second kappa shape index (κ2) is 9.23. The molecule has 10 heteroatoms. The van der Waals surface area contributed by atoms with E-state index < -0.39 is 10.0 Å². The second-order valence-corrected chi connectivity index (χ2v) is 9.59. The summed E-state index contributed by atoms with van der Waals surface area (Å²) in [6.45, 7) is 3.36. The fourth-order valence-electron chi connectivity index (χ4n) is 3.46. The van der Waals surface area contributed by atoms with E-state index in [-0.39, 0.29) is 24.9 Å². The van der Waals surface area contributed by atoms with Crippen molar-refractivity contribution in [3.8, 4) is 11.5 Å². The van der Waals surface area contributed by atoms with E-state index >= 15 is 0 Å². The maximum absolute atomic E-state index is 13.1. The fraction of sp³-hybridized carbons (Fsp3) is 0.526. The van der Waals surface area contributed by atoms with Gasteiger partial charge in [0, 0.05) is 19.6 Å². The quantitative estimate of drug-likeness (QED) is 0.656. The van der Waals surface area contributed by atoms with E-state index in [2.05, 4.69) is 10.2 Å². The first-order valence-electron chi connectivity index (χ1n) is 9.60. The maximum atomic E-state index is 13.1. The van der Waals surface area contributed by atoms with Gasteiger partial charge < -0.3 is 9.32 Å². The molecule has 1 aliphatic rings. The van der Waals surface area contributed by atoms with Crippen LogP contribution in [0.1, 0.15) is 32.1 Å². The average Bonchev–Trinajstić information content (AvgIpc) is 3.15. The number of hydrogen-bond acceptors (Lipinski definition) is 6. The van der Waals surface area contributed by atoms with Gasteiger partial charge in [-0.3, -0.25) is 4.79 Å². The molecule has 1 amide bonds. The minimum Gasteiger partial charge on any atom is -0.419 e. The molecular formula is C19H25ClN4O4S. The zero-order valence-corrected chi connectivity index (χ0v) is 18.1. The summed E-state index contributed by atoms with van der Waals surface area (Å²) in [6.07, 6.45) is 3.28. The molecule has 1 unspecified atom stereocenters. The van der Waals surface area contributed by atoms with Gasteiger partial charge in [-0.1, -0.05) is 30.7 Å². The molecule has 1 atom stereocenters. The standard InChI is InChI=1S/C19H25ClN4O4S/c1-3-10-23(19(25)14-7-6-11-24(12-14)29(2,26)27)13-17-21-22-18(28-17)15-8-4-5-9-16(15)20/h4-5,8-9,14H,3,6-7,10-13H2,1-2H3. The van der Waals surface area contributed by atoms with Crippen LogP contribution < -0.4 is 0 Å². The minimum atomic E-state index is -3.31. The molecule has 2 aromatic rings. The largest absolute Gasteiger partial charge is 0.419 e. The Morgan fingerprint density at radius 1 is 1.34 bits per heavy atom. The van der Waals surface area contributed by atoms with Crippen LogP contribution in [0.3, 0.4) is 0 Å². The molecule has 2 heterocycles. The summed E-state index contributed by atoms with van der Waals surface area (Å²) < 4.78 is 30.8. The van der Waals surface area contributed by atoms with Crippen molar-refractivity contribution >= 4 is 27.5 Å². The normalized spacial score (nSPS) is 18.0. The molecule has 0 aliphatic carbocycles. The molecule has 1 saturated heterocycles. The minimum absolute atomic E-state index is 0.0855. The van der Waals surface area contributed by atoms with Crippen LogP contribution in [0.25, 0.3) is 11.5 Å². The predicted octanol–water partition coefficient (Wildman–Crippen LogP) is 2.80. The van der Waals surface area contributed by atoms with Crippen LogP contribution >= 0.6 is 11.6 Å². The summed E-state index contributed by atoms with van der Waals surface area (Å²) in [4.78, 5) is 14.8. The third-order valence-corrected chi connectivity index (χ3v) is 6.50. The van der Waals surface area contributed by atoms with Crippen LogP contribution in [0.4, 0.5) is 0 Å². The van der Waals surface area contributed by atoms with E-state index in [9.17, 15) is 13.2 Å². The Bertz CT molecular complexity index is 963. The molecule has 1 aromatic carbocycles. The fourth-order valence-corrected chi connectivity index (χ4v) is 4.59. The second-order valence-electron chi connectivity index (χ2n) is 7.20. The SMILES string of the molecule is CCCN(Cc1nnc(-c2ccccc2Cl)o1)C(=O)C1CCCN(S(C)(=O)=O)C1. The van der Waals surface area contributed by atoms with E-state index in [0.717, 1.165) is 6.42 Å². The number of hydrogen-bond donors (Lipinski definition) is 0. The number of carbonyl (C=O) groups excluding carboxylic acids is 1. The van der Waals surface area contributed by atoms with Crippen LogP contribution in [0.5, 0.6) is 0 Å². The number of carbonyl (C=O) groups is 1. The van der Waals surface area contributed by atoms with Crippen molar-refractivity contribution in [3.63, 3.8) is 0 Å². The van der Waals surface area contributed by atoms with Gasteiger partial charge in [0.2, 0.25) is 27.7 Å². The molecule has 158 valence electrons. The Kier molecular flexibility index (Phi) is 6.92. The Morgan fingerprint density at radius 2 is 2.10 bits per heavy atom. The number of rotatable bonds is 7. The Hall–Kier alpha value is -1.97. The first-order chi connectivity index (χ1) is 13.8. The summed E-state index contributed by atoms with van der Waals surface area (Å²) in [6, 6.07) is 7.17. The van der Waals surface area contributed by atoms with Gasteiger partial charge in [0.15, 0.2) is 0 Å². The Balaban J connectivity index is 1.73. The summed E-state index contributed by atoms with van der Waals surface area (Å²) in [5, 5.41) is 8.62. The van der Waals surface area contributed by atoms with Crippen molar-refractivity contribution in [1.29, 1.82) is 0 Å². The molecule has 29 heavy (non-hydrogen) atoms. The molecule has 0 bridgehead atoms. The molecule has 0 saturated carbocycles.